The lowest BCUT2D eigenvalue weighted by molar-refractivity contribution is 0.797. The van der Waals surface area contributed by atoms with E-state index in [9.17, 15) is 0 Å². The number of pyridine rings is 1. The average Bonchev–Trinajstić information content (AvgIpc) is 3.15. The molecule has 0 fully saturated rings. The van der Waals surface area contributed by atoms with Gasteiger partial charge in [0.1, 0.15) is 11.2 Å². The maximum Gasteiger partial charge on any atom is 0.119 e. The van der Waals surface area contributed by atoms with Gasteiger partial charge in [0.25, 0.3) is 0 Å². The highest BCUT2D eigenvalue weighted by Crippen LogP contribution is 2.31. The molecule has 1 aromatic carbocycles. The molecule has 0 atom stereocenters. The third kappa shape index (κ3) is 2.21. The van der Waals surface area contributed by atoms with Crippen molar-refractivity contribution >= 4 is 11.0 Å². The highest BCUT2D eigenvalue weighted by Gasteiger charge is 2.16. The van der Waals surface area contributed by atoms with Crippen LogP contribution in [0, 0.1) is 20.8 Å². The van der Waals surface area contributed by atoms with Crippen molar-refractivity contribution in [3.05, 3.63) is 59.5 Å². The SMILES string of the molecule is Cc1cc(C)c2c(n1)c(-c1ccc(-n3cccn3)cc1C)nn2C. The predicted octanol–water partition coefficient (Wildman–Crippen LogP) is 3.75. The summed E-state index contributed by atoms with van der Waals surface area (Å²) in [5.41, 5.74) is 8.50. The van der Waals surface area contributed by atoms with Crippen LogP contribution in [0.2, 0.25) is 0 Å². The van der Waals surface area contributed by atoms with E-state index in [1.807, 2.05) is 35.6 Å². The standard InChI is InChI=1S/C19H19N5/c1-12-11-15(24-9-5-8-20-24)6-7-16(12)17-18-19(23(4)22-17)13(2)10-14(3)21-18/h5-11H,1-4H3. The lowest BCUT2D eigenvalue weighted by atomic mass is 10.0. The fourth-order valence-corrected chi connectivity index (χ4v) is 3.31. The molecule has 3 heterocycles. The van der Waals surface area contributed by atoms with E-state index in [4.69, 9.17) is 10.1 Å². The molecule has 120 valence electrons. The second-order valence-electron chi connectivity index (χ2n) is 6.20. The molecule has 0 unspecified atom stereocenters. The summed E-state index contributed by atoms with van der Waals surface area (Å²) >= 11 is 0. The van der Waals surface area contributed by atoms with Crippen LogP contribution in [0.15, 0.2) is 42.7 Å². The molecule has 0 saturated heterocycles. The van der Waals surface area contributed by atoms with Crippen LogP contribution in [0.25, 0.3) is 28.0 Å². The number of fused-ring (bicyclic) bond motifs is 1. The quantitative estimate of drug-likeness (QED) is 0.566. The van der Waals surface area contributed by atoms with Gasteiger partial charge in [-0.05, 0) is 56.2 Å². The molecule has 0 N–H and O–H groups in total. The van der Waals surface area contributed by atoms with Gasteiger partial charge in [0.15, 0.2) is 0 Å². The minimum Gasteiger partial charge on any atom is -0.265 e. The lowest BCUT2D eigenvalue weighted by Gasteiger charge is -2.07. The van der Waals surface area contributed by atoms with Crippen molar-refractivity contribution in [1.29, 1.82) is 0 Å². The highest BCUT2D eigenvalue weighted by atomic mass is 15.3. The third-order valence-electron chi connectivity index (χ3n) is 4.34. The van der Waals surface area contributed by atoms with Gasteiger partial charge in [-0.15, -0.1) is 0 Å². The minimum absolute atomic E-state index is 0.934. The molecule has 0 aliphatic heterocycles. The topological polar surface area (TPSA) is 48.5 Å². The molecule has 0 spiro atoms. The van der Waals surface area contributed by atoms with Crippen molar-refractivity contribution in [3.63, 3.8) is 0 Å². The molecule has 0 aliphatic carbocycles. The minimum atomic E-state index is 0.934. The number of rotatable bonds is 2. The Morgan fingerprint density at radius 2 is 1.83 bits per heavy atom. The van der Waals surface area contributed by atoms with Crippen LogP contribution in [0.5, 0.6) is 0 Å². The summed E-state index contributed by atoms with van der Waals surface area (Å²) < 4.78 is 3.78. The molecule has 5 heteroatoms. The third-order valence-corrected chi connectivity index (χ3v) is 4.34. The first-order valence-electron chi connectivity index (χ1n) is 7.96. The van der Waals surface area contributed by atoms with Crippen LogP contribution in [0.1, 0.15) is 16.8 Å². The van der Waals surface area contributed by atoms with E-state index >= 15 is 0 Å². The summed E-state index contributed by atoms with van der Waals surface area (Å²) in [4.78, 5) is 4.75. The summed E-state index contributed by atoms with van der Waals surface area (Å²) in [5.74, 6) is 0. The normalized spacial score (nSPS) is 11.3. The van der Waals surface area contributed by atoms with E-state index in [2.05, 4.69) is 43.2 Å². The summed E-state index contributed by atoms with van der Waals surface area (Å²) in [7, 11) is 1.98. The van der Waals surface area contributed by atoms with E-state index in [0.29, 0.717) is 0 Å². The van der Waals surface area contributed by atoms with Gasteiger partial charge in [-0.1, -0.05) is 6.07 Å². The average molecular weight is 317 g/mol. The van der Waals surface area contributed by atoms with Gasteiger partial charge in [-0.2, -0.15) is 10.2 Å². The zero-order chi connectivity index (χ0) is 16.8. The van der Waals surface area contributed by atoms with Gasteiger partial charge < -0.3 is 0 Å². The first-order chi connectivity index (χ1) is 11.5. The second kappa shape index (κ2) is 5.30. The largest absolute Gasteiger partial charge is 0.265 e. The van der Waals surface area contributed by atoms with Crippen LogP contribution in [0.3, 0.4) is 0 Å². The van der Waals surface area contributed by atoms with E-state index in [1.165, 1.54) is 5.56 Å². The number of hydrogen-bond donors (Lipinski definition) is 0. The highest BCUT2D eigenvalue weighted by molar-refractivity contribution is 5.92. The monoisotopic (exact) mass is 317 g/mol. The Hall–Kier alpha value is -2.95. The summed E-state index contributed by atoms with van der Waals surface area (Å²) in [6.45, 7) is 6.23. The molecular weight excluding hydrogens is 298 g/mol. The van der Waals surface area contributed by atoms with Gasteiger partial charge in [-0.25, -0.2) is 9.67 Å². The zero-order valence-corrected chi connectivity index (χ0v) is 14.3. The number of benzene rings is 1. The van der Waals surface area contributed by atoms with E-state index in [0.717, 1.165) is 39.2 Å². The van der Waals surface area contributed by atoms with Crippen LogP contribution in [0.4, 0.5) is 0 Å². The summed E-state index contributed by atoms with van der Waals surface area (Å²) in [6.07, 6.45) is 3.73. The maximum absolute atomic E-state index is 4.75. The van der Waals surface area contributed by atoms with Gasteiger partial charge >= 0.3 is 0 Å². The Labute approximate surface area is 140 Å². The van der Waals surface area contributed by atoms with Crippen molar-refractivity contribution in [2.24, 2.45) is 7.05 Å². The van der Waals surface area contributed by atoms with Gasteiger partial charge in [-0.3, -0.25) is 4.68 Å². The molecular formula is C19H19N5. The van der Waals surface area contributed by atoms with Crippen molar-refractivity contribution in [2.45, 2.75) is 20.8 Å². The number of aromatic nitrogens is 5. The summed E-state index contributed by atoms with van der Waals surface area (Å²) in [5, 5.41) is 9.04. The molecule has 24 heavy (non-hydrogen) atoms. The molecule has 0 amide bonds. The molecule has 3 aromatic heterocycles. The fourth-order valence-electron chi connectivity index (χ4n) is 3.31. The maximum atomic E-state index is 4.75. The molecule has 4 rings (SSSR count). The second-order valence-corrected chi connectivity index (χ2v) is 6.20. The Morgan fingerprint density at radius 3 is 2.54 bits per heavy atom. The molecule has 4 aromatic rings. The van der Waals surface area contributed by atoms with Gasteiger partial charge in [0.2, 0.25) is 0 Å². The molecule has 5 nitrogen and oxygen atoms in total. The van der Waals surface area contributed by atoms with Gasteiger partial charge in [0, 0.05) is 30.7 Å². The number of hydrogen-bond acceptors (Lipinski definition) is 3. The van der Waals surface area contributed by atoms with Crippen molar-refractivity contribution in [2.75, 3.05) is 0 Å². The molecule has 0 bridgehead atoms. The Balaban J connectivity index is 1.92. The summed E-state index contributed by atoms with van der Waals surface area (Å²) in [6, 6.07) is 10.3. The Bertz CT molecular complexity index is 1040. The Morgan fingerprint density at radius 1 is 1.00 bits per heavy atom. The molecule has 0 aliphatic rings. The molecule has 0 saturated carbocycles. The van der Waals surface area contributed by atoms with E-state index in [1.54, 1.807) is 6.20 Å². The van der Waals surface area contributed by atoms with Crippen molar-refractivity contribution in [3.8, 4) is 16.9 Å². The van der Waals surface area contributed by atoms with Crippen LogP contribution in [-0.4, -0.2) is 24.5 Å². The van der Waals surface area contributed by atoms with Crippen molar-refractivity contribution in [1.82, 2.24) is 24.5 Å². The lowest BCUT2D eigenvalue weighted by Crippen LogP contribution is -1.96. The fraction of sp³-hybridized carbons (Fsp3) is 0.211. The van der Waals surface area contributed by atoms with Crippen molar-refractivity contribution < 1.29 is 0 Å². The first kappa shape index (κ1) is 14.6. The zero-order valence-electron chi connectivity index (χ0n) is 14.3. The van der Waals surface area contributed by atoms with E-state index in [-0.39, 0.29) is 0 Å². The van der Waals surface area contributed by atoms with Gasteiger partial charge in [0.05, 0.1) is 11.2 Å². The van der Waals surface area contributed by atoms with Crippen LogP contribution < -0.4 is 0 Å². The number of aryl methyl sites for hydroxylation is 4. The smallest absolute Gasteiger partial charge is 0.119 e. The van der Waals surface area contributed by atoms with Crippen LogP contribution >= 0.6 is 0 Å². The predicted molar refractivity (Wildman–Crippen MR) is 95.3 cm³/mol. The molecule has 0 radical (unpaired) electrons. The first-order valence-corrected chi connectivity index (χ1v) is 7.96. The Kier molecular flexibility index (Phi) is 3.23. The number of nitrogens with zero attached hydrogens (tertiary/aromatic N) is 5. The van der Waals surface area contributed by atoms with E-state index < -0.39 is 0 Å². The van der Waals surface area contributed by atoms with Crippen LogP contribution in [-0.2, 0) is 7.05 Å².